The molecular formula is C15H21F3N2O. The minimum Gasteiger partial charge on any atom is -0.354 e. The van der Waals surface area contributed by atoms with E-state index in [0.717, 1.165) is 19.3 Å². The Labute approximate surface area is 122 Å². The first-order valence-corrected chi connectivity index (χ1v) is 7.21. The standard InChI is InChI=1S/C15H21F3N2O/c1-10-11(2)19(3)9-12(13(10)21)14(15(16,17)18)20-7-5-4-6-8-20/h9,14H,4-8H2,1-3H3. The average molecular weight is 302 g/mol. The number of aromatic nitrogens is 1. The Morgan fingerprint density at radius 2 is 1.71 bits per heavy atom. The summed E-state index contributed by atoms with van der Waals surface area (Å²) in [6.07, 6.45) is -0.649. The molecule has 2 heterocycles. The SMILES string of the molecule is Cc1c(C)n(C)cc(C(N2CCCCC2)C(F)(F)F)c1=O. The first-order valence-electron chi connectivity index (χ1n) is 7.21. The van der Waals surface area contributed by atoms with Gasteiger partial charge >= 0.3 is 6.18 Å². The molecule has 0 amide bonds. The van der Waals surface area contributed by atoms with Crippen LogP contribution >= 0.6 is 0 Å². The second-order valence-corrected chi connectivity index (χ2v) is 5.78. The molecule has 1 saturated heterocycles. The topological polar surface area (TPSA) is 25.2 Å². The molecule has 118 valence electrons. The van der Waals surface area contributed by atoms with E-state index in [1.807, 2.05) is 0 Å². The Hall–Kier alpha value is -1.30. The second-order valence-electron chi connectivity index (χ2n) is 5.78. The predicted octanol–water partition coefficient (Wildman–Crippen LogP) is 3.09. The number of pyridine rings is 1. The summed E-state index contributed by atoms with van der Waals surface area (Å²) in [6, 6.07) is -1.80. The largest absolute Gasteiger partial charge is 0.408 e. The lowest BCUT2D eigenvalue weighted by Gasteiger charge is -2.35. The van der Waals surface area contributed by atoms with E-state index in [9.17, 15) is 18.0 Å². The monoisotopic (exact) mass is 302 g/mol. The molecule has 0 saturated carbocycles. The van der Waals surface area contributed by atoms with Gasteiger partial charge < -0.3 is 4.57 Å². The van der Waals surface area contributed by atoms with Crippen molar-refractivity contribution in [3.63, 3.8) is 0 Å². The van der Waals surface area contributed by atoms with Gasteiger partial charge in [-0.25, -0.2) is 0 Å². The fourth-order valence-electron chi connectivity index (χ4n) is 2.96. The first kappa shape index (κ1) is 16.1. The number of aryl methyl sites for hydroxylation is 1. The molecule has 21 heavy (non-hydrogen) atoms. The number of nitrogens with zero attached hydrogens (tertiary/aromatic N) is 2. The molecule has 0 N–H and O–H groups in total. The molecule has 1 aliphatic rings. The molecule has 1 fully saturated rings. The van der Waals surface area contributed by atoms with Crippen LogP contribution in [0.5, 0.6) is 0 Å². The summed E-state index contributed by atoms with van der Waals surface area (Å²) in [5, 5.41) is 0. The van der Waals surface area contributed by atoms with Gasteiger partial charge in [0.1, 0.15) is 6.04 Å². The summed E-state index contributed by atoms with van der Waals surface area (Å²) in [4.78, 5) is 13.7. The average Bonchev–Trinajstić information content (AvgIpc) is 2.42. The highest BCUT2D eigenvalue weighted by molar-refractivity contribution is 5.28. The third kappa shape index (κ3) is 3.15. The molecular weight excluding hydrogens is 281 g/mol. The number of hydrogen-bond acceptors (Lipinski definition) is 2. The van der Waals surface area contributed by atoms with Crippen molar-refractivity contribution in [2.75, 3.05) is 13.1 Å². The van der Waals surface area contributed by atoms with Crippen molar-refractivity contribution in [2.45, 2.75) is 45.3 Å². The van der Waals surface area contributed by atoms with Gasteiger partial charge in [0.25, 0.3) is 0 Å². The number of likely N-dealkylation sites (tertiary alicyclic amines) is 1. The van der Waals surface area contributed by atoms with Crippen LogP contribution in [0.2, 0.25) is 0 Å². The summed E-state index contributed by atoms with van der Waals surface area (Å²) < 4.78 is 42.2. The lowest BCUT2D eigenvalue weighted by Crippen LogP contribution is -2.44. The van der Waals surface area contributed by atoms with Crippen molar-refractivity contribution < 1.29 is 13.2 Å². The molecule has 0 bridgehead atoms. The van der Waals surface area contributed by atoms with Gasteiger partial charge in [0.05, 0.1) is 0 Å². The summed E-state index contributed by atoms with van der Waals surface area (Å²) in [5.74, 6) is 0. The highest BCUT2D eigenvalue weighted by Gasteiger charge is 2.46. The normalized spacial score (nSPS) is 18.8. The molecule has 3 nitrogen and oxygen atoms in total. The van der Waals surface area contributed by atoms with E-state index in [0.29, 0.717) is 24.3 Å². The number of halogens is 3. The molecule has 1 unspecified atom stereocenters. The van der Waals surface area contributed by atoms with Crippen LogP contribution in [0.15, 0.2) is 11.0 Å². The molecule has 2 rings (SSSR count). The lowest BCUT2D eigenvalue weighted by molar-refractivity contribution is -0.189. The van der Waals surface area contributed by atoms with Crippen molar-refractivity contribution in [3.05, 3.63) is 33.2 Å². The molecule has 0 radical (unpaired) electrons. The Balaban J connectivity index is 2.54. The molecule has 1 atom stereocenters. The van der Waals surface area contributed by atoms with Gasteiger partial charge in [-0.1, -0.05) is 6.42 Å². The van der Waals surface area contributed by atoms with Crippen molar-refractivity contribution in [1.82, 2.24) is 9.47 Å². The van der Waals surface area contributed by atoms with Crippen molar-refractivity contribution >= 4 is 0 Å². The van der Waals surface area contributed by atoms with Gasteiger partial charge in [0.2, 0.25) is 0 Å². The van der Waals surface area contributed by atoms with E-state index in [-0.39, 0.29) is 5.56 Å². The zero-order chi connectivity index (χ0) is 15.8. The quantitative estimate of drug-likeness (QED) is 0.839. The highest BCUT2D eigenvalue weighted by atomic mass is 19.4. The lowest BCUT2D eigenvalue weighted by atomic mass is 10.00. The van der Waals surface area contributed by atoms with E-state index >= 15 is 0 Å². The van der Waals surface area contributed by atoms with Crippen LogP contribution in [-0.2, 0) is 7.05 Å². The van der Waals surface area contributed by atoms with E-state index in [2.05, 4.69) is 0 Å². The van der Waals surface area contributed by atoms with E-state index in [4.69, 9.17) is 0 Å². The third-order valence-electron chi connectivity index (χ3n) is 4.37. The van der Waals surface area contributed by atoms with E-state index in [1.165, 1.54) is 11.1 Å². The minimum atomic E-state index is -4.44. The Kier molecular flexibility index (Phi) is 4.46. The van der Waals surface area contributed by atoms with Crippen LogP contribution in [0.3, 0.4) is 0 Å². The van der Waals surface area contributed by atoms with Crippen LogP contribution in [0.4, 0.5) is 13.2 Å². The van der Waals surface area contributed by atoms with Crippen molar-refractivity contribution in [2.24, 2.45) is 7.05 Å². The summed E-state index contributed by atoms with van der Waals surface area (Å²) >= 11 is 0. The Bertz CT molecular complexity index is 572. The zero-order valence-electron chi connectivity index (χ0n) is 12.6. The van der Waals surface area contributed by atoms with Crippen LogP contribution in [-0.4, -0.2) is 28.7 Å². The predicted molar refractivity (Wildman–Crippen MR) is 75.4 cm³/mol. The van der Waals surface area contributed by atoms with Crippen LogP contribution in [0.25, 0.3) is 0 Å². The second kappa shape index (κ2) is 5.83. The number of rotatable bonds is 2. The maximum Gasteiger partial charge on any atom is 0.408 e. The van der Waals surface area contributed by atoms with Gasteiger partial charge in [0, 0.05) is 30.1 Å². The molecule has 6 heteroatoms. The third-order valence-corrected chi connectivity index (χ3v) is 4.37. The van der Waals surface area contributed by atoms with Gasteiger partial charge in [0.15, 0.2) is 5.43 Å². The van der Waals surface area contributed by atoms with Gasteiger partial charge in [-0.2, -0.15) is 13.2 Å². The van der Waals surface area contributed by atoms with Crippen molar-refractivity contribution in [3.8, 4) is 0 Å². The van der Waals surface area contributed by atoms with Gasteiger partial charge in [-0.3, -0.25) is 9.69 Å². The van der Waals surface area contributed by atoms with Gasteiger partial charge in [-0.15, -0.1) is 0 Å². The molecule has 1 aromatic rings. The fraction of sp³-hybridized carbons (Fsp3) is 0.667. The Morgan fingerprint density at radius 3 is 2.24 bits per heavy atom. The highest BCUT2D eigenvalue weighted by Crippen LogP contribution is 2.37. The summed E-state index contributed by atoms with van der Waals surface area (Å²) in [7, 11) is 1.68. The fourth-order valence-corrected chi connectivity index (χ4v) is 2.96. The maximum absolute atomic E-state index is 13.5. The summed E-state index contributed by atoms with van der Waals surface area (Å²) in [6.45, 7) is 4.11. The summed E-state index contributed by atoms with van der Waals surface area (Å²) in [5.41, 5.74) is 0.443. The van der Waals surface area contributed by atoms with E-state index in [1.54, 1.807) is 25.5 Å². The Morgan fingerprint density at radius 1 is 1.14 bits per heavy atom. The van der Waals surface area contributed by atoms with Crippen LogP contribution < -0.4 is 5.43 Å². The number of hydrogen-bond donors (Lipinski definition) is 0. The van der Waals surface area contributed by atoms with Crippen LogP contribution in [0.1, 0.15) is 42.1 Å². The minimum absolute atomic E-state index is 0.157. The molecule has 1 aliphatic heterocycles. The first-order chi connectivity index (χ1) is 9.73. The molecule has 1 aromatic heterocycles. The molecule has 0 aromatic carbocycles. The van der Waals surface area contributed by atoms with Crippen LogP contribution in [0, 0.1) is 13.8 Å². The van der Waals surface area contributed by atoms with Crippen molar-refractivity contribution in [1.29, 1.82) is 0 Å². The van der Waals surface area contributed by atoms with E-state index < -0.39 is 17.6 Å². The number of alkyl halides is 3. The zero-order valence-corrected chi connectivity index (χ0v) is 12.6. The smallest absolute Gasteiger partial charge is 0.354 e. The number of piperidine rings is 1. The molecule has 0 aliphatic carbocycles. The maximum atomic E-state index is 13.5. The van der Waals surface area contributed by atoms with Gasteiger partial charge in [-0.05, 0) is 39.8 Å². The molecule has 0 spiro atoms.